The van der Waals surface area contributed by atoms with E-state index in [9.17, 15) is 9.59 Å². The Hall–Kier alpha value is -2.34. The molecule has 1 N–H and O–H groups in total. The van der Waals surface area contributed by atoms with Gasteiger partial charge in [-0.3, -0.25) is 9.59 Å². The van der Waals surface area contributed by atoms with Crippen LogP contribution in [0.2, 0.25) is 0 Å². The zero-order chi connectivity index (χ0) is 16.9. The van der Waals surface area contributed by atoms with E-state index in [1.54, 1.807) is 29.3 Å². The van der Waals surface area contributed by atoms with E-state index in [4.69, 9.17) is 0 Å². The van der Waals surface area contributed by atoms with Crippen LogP contribution < -0.4 is 10.2 Å². The summed E-state index contributed by atoms with van der Waals surface area (Å²) in [5, 5.41) is 2.60. The lowest BCUT2D eigenvalue weighted by molar-refractivity contribution is -0.113. The molecule has 1 aromatic heterocycles. The third-order valence-corrected chi connectivity index (χ3v) is 4.71. The van der Waals surface area contributed by atoms with E-state index in [1.807, 2.05) is 12.1 Å². The maximum absolute atomic E-state index is 12.5. The van der Waals surface area contributed by atoms with Crippen molar-refractivity contribution in [2.45, 2.75) is 19.8 Å². The number of hydrogen-bond acceptors (Lipinski definition) is 4. The second-order valence-corrected chi connectivity index (χ2v) is 6.63. The van der Waals surface area contributed by atoms with Crippen LogP contribution in [-0.4, -0.2) is 28.4 Å². The highest BCUT2D eigenvalue weighted by Crippen LogP contribution is 2.30. The maximum Gasteiger partial charge on any atom is 0.286 e. The molecular weight excluding hydrogens is 322 g/mol. The third kappa shape index (κ3) is 3.94. The van der Waals surface area contributed by atoms with Crippen LogP contribution in [0.15, 0.2) is 42.6 Å². The van der Waals surface area contributed by atoms with Gasteiger partial charge in [0.2, 0.25) is 5.91 Å². The smallest absolute Gasteiger partial charge is 0.286 e. The Labute approximate surface area is 145 Å². The average Bonchev–Trinajstić information content (AvgIpc) is 2.59. The number of carbonyl (C=O) groups excluding carboxylic acids is 2. The number of anilines is 2. The van der Waals surface area contributed by atoms with Crippen molar-refractivity contribution in [3.63, 3.8) is 0 Å². The van der Waals surface area contributed by atoms with E-state index in [1.165, 1.54) is 11.1 Å². The standard InChI is InChI=1S/C18H19N3O2S/c1-13-7-8-15-14(11-13)5-4-10-21(15)18(23)24-12-17(22)20-16-6-2-3-9-19-16/h2-3,6-9,11H,4-5,10,12H2,1H3,(H,19,20,22). The lowest BCUT2D eigenvalue weighted by Gasteiger charge is -2.29. The molecule has 5 nitrogen and oxygen atoms in total. The number of carbonyl (C=O) groups is 2. The molecule has 0 spiro atoms. The number of nitrogens with one attached hydrogen (secondary N) is 1. The predicted octanol–water partition coefficient (Wildman–Crippen LogP) is 3.63. The zero-order valence-corrected chi connectivity index (χ0v) is 14.3. The van der Waals surface area contributed by atoms with Gasteiger partial charge in [-0.1, -0.05) is 35.5 Å². The highest BCUT2D eigenvalue weighted by molar-refractivity contribution is 8.14. The summed E-state index contributed by atoms with van der Waals surface area (Å²) in [6.07, 6.45) is 3.55. The van der Waals surface area contributed by atoms with Crippen molar-refractivity contribution in [2.24, 2.45) is 0 Å². The van der Waals surface area contributed by atoms with E-state index in [-0.39, 0.29) is 16.9 Å². The van der Waals surface area contributed by atoms with Gasteiger partial charge in [-0.25, -0.2) is 4.98 Å². The maximum atomic E-state index is 12.5. The summed E-state index contributed by atoms with van der Waals surface area (Å²) in [6, 6.07) is 11.4. The molecule has 0 aliphatic carbocycles. The van der Waals surface area contributed by atoms with Crippen LogP contribution in [0, 0.1) is 6.92 Å². The number of rotatable bonds is 3. The van der Waals surface area contributed by atoms with E-state index in [0.29, 0.717) is 12.4 Å². The van der Waals surface area contributed by atoms with E-state index in [2.05, 4.69) is 23.3 Å². The number of amides is 2. The zero-order valence-electron chi connectivity index (χ0n) is 13.5. The first-order chi connectivity index (χ1) is 11.6. The second-order valence-electron chi connectivity index (χ2n) is 5.71. The number of benzene rings is 1. The minimum atomic E-state index is -0.229. The summed E-state index contributed by atoms with van der Waals surface area (Å²) in [5.74, 6) is 0.343. The fourth-order valence-corrected chi connectivity index (χ4v) is 3.41. The lowest BCUT2D eigenvalue weighted by atomic mass is 10.0. The van der Waals surface area contributed by atoms with Gasteiger partial charge in [0.05, 0.1) is 5.75 Å². The molecule has 2 aromatic rings. The first kappa shape index (κ1) is 16.5. The molecule has 0 fully saturated rings. The Morgan fingerprint density at radius 1 is 1.29 bits per heavy atom. The van der Waals surface area contributed by atoms with Crippen molar-refractivity contribution >= 4 is 34.4 Å². The van der Waals surface area contributed by atoms with Crippen LogP contribution in [0.25, 0.3) is 0 Å². The normalized spacial score (nSPS) is 13.3. The molecule has 2 heterocycles. The summed E-state index contributed by atoms with van der Waals surface area (Å²) in [5.41, 5.74) is 3.37. The number of hydrogen-bond donors (Lipinski definition) is 1. The third-order valence-electron chi connectivity index (χ3n) is 3.83. The molecule has 1 aromatic carbocycles. The van der Waals surface area contributed by atoms with Crippen molar-refractivity contribution in [3.8, 4) is 0 Å². The van der Waals surface area contributed by atoms with Crippen LogP contribution in [-0.2, 0) is 11.2 Å². The van der Waals surface area contributed by atoms with Gasteiger partial charge in [-0.2, -0.15) is 0 Å². The largest absolute Gasteiger partial charge is 0.310 e. The van der Waals surface area contributed by atoms with Crippen LogP contribution in [0.1, 0.15) is 17.5 Å². The SMILES string of the molecule is Cc1ccc2c(c1)CCCN2C(=O)SCC(=O)Nc1ccccn1. The highest BCUT2D eigenvalue weighted by Gasteiger charge is 2.23. The molecule has 6 heteroatoms. The number of thioether (sulfide) groups is 1. The molecule has 0 bridgehead atoms. The quantitative estimate of drug-likeness (QED) is 0.926. The molecule has 2 amide bonds. The second kappa shape index (κ2) is 7.49. The number of fused-ring (bicyclic) bond motifs is 1. The summed E-state index contributed by atoms with van der Waals surface area (Å²) < 4.78 is 0. The fourth-order valence-electron chi connectivity index (χ4n) is 2.74. The lowest BCUT2D eigenvalue weighted by Crippen LogP contribution is -2.33. The van der Waals surface area contributed by atoms with Gasteiger partial charge in [0, 0.05) is 18.4 Å². The molecule has 24 heavy (non-hydrogen) atoms. The predicted molar refractivity (Wildman–Crippen MR) is 97.6 cm³/mol. The van der Waals surface area contributed by atoms with Crippen molar-refractivity contribution in [1.82, 2.24) is 4.98 Å². The topological polar surface area (TPSA) is 62.3 Å². The van der Waals surface area contributed by atoms with Crippen molar-refractivity contribution in [3.05, 3.63) is 53.7 Å². The molecule has 3 rings (SSSR count). The van der Waals surface area contributed by atoms with Crippen LogP contribution in [0.5, 0.6) is 0 Å². The van der Waals surface area contributed by atoms with E-state index < -0.39 is 0 Å². The van der Waals surface area contributed by atoms with Crippen molar-refractivity contribution in [2.75, 3.05) is 22.5 Å². The van der Waals surface area contributed by atoms with E-state index in [0.717, 1.165) is 30.3 Å². The molecule has 1 aliphatic heterocycles. The average molecular weight is 341 g/mol. The first-order valence-corrected chi connectivity index (χ1v) is 8.87. The van der Waals surface area contributed by atoms with Gasteiger partial charge < -0.3 is 10.2 Å². The van der Waals surface area contributed by atoms with Crippen LogP contribution in [0.3, 0.4) is 0 Å². The Balaban J connectivity index is 1.59. The first-order valence-electron chi connectivity index (χ1n) is 7.88. The molecule has 1 aliphatic rings. The van der Waals surface area contributed by atoms with Gasteiger partial charge >= 0.3 is 0 Å². The summed E-state index contributed by atoms with van der Waals surface area (Å²) in [4.78, 5) is 30.3. The number of aryl methyl sites for hydroxylation is 2. The van der Waals surface area contributed by atoms with Crippen molar-refractivity contribution < 1.29 is 9.59 Å². The van der Waals surface area contributed by atoms with E-state index >= 15 is 0 Å². The highest BCUT2D eigenvalue weighted by atomic mass is 32.2. The van der Waals surface area contributed by atoms with Gasteiger partial charge in [0.25, 0.3) is 5.24 Å². The Bertz CT molecular complexity index is 749. The summed E-state index contributed by atoms with van der Waals surface area (Å²) in [6.45, 7) is 2.75. The number of pyridine rings is 1. The summed E-state index contributed by atoms with van der Waals surface area (Å²) in [7, 11) is 0. The minimum absolute atomic E-state index is 0.0765. The van der Waals surface area contributed by atoms with Gasteiger partial charge in [0.1, 0.15) is 5.82 Å². The van der Waals surface area contributed by atoms with Gasteiger partial charge in [-0.05, 0) is 43.5 Å². The van der Waals surface area contributed by atoms with Crippen molar-refractivity contribution in [1.29, 1.82) is 0 Å². The van der Waals surface area contributed by atoms with Gasteiger partial charge in [-0.15, -0.1) is 0 Å². The Morgan fingerprint density at radius 2 is 2.17 bits per heavy atom. The monoisotopic (exact) mass is 341 g/mol. The van der Waals surface area contributed by atoms with Crippen LogP contribution in [0.4, 0.5) is 16.3 Å². The number of aromatic nitrogens is 1. The summed E-state index contributed by atoms with van der Waals surface area (Å²) >= 11 is 1.03. The molecule has 124 valence electrons. The molecular formula is C18H19N3O2S. The van der Waals surface area contributed by atoms with Gasteiger partial charge in [0.15, 0.2) is 0 Å². The Morgan fingerprint density at radius 3 is 2.96 bits per heavy atom. The molecule has 0 saturated heterocycles. The number of nitrogens with zero attached hydrogens (tertiary/aromatic N) is 2. The molecule has 0 atom stereocenters. The molecule has 0 unspecified atom stereocenters. The molecule has 0 saturated carbocycles. The van der Waals surface area contributed by atoms with Crippen LogP contribution >= 0.6 is 11.8 Å². The minimum Gasteiger partial charge on any atom is -0.310 e. The Kier molecular flexibility index (Phi) is 5.15. The molecule has 0 radical (unpaired) electrons. The fraction of sp³-hybridized carbons (Fsp3) is 0.278.